The molecule has 1 heterocycles. The van der Waals surface area contributed by atoms with Gasteiger partial charge in [0, 0.05) is 13.2 Å². The van der Waals surface area contributed by atoms with Crippen molar-refractivity contribution in [1.82, 2.24) is 9.78 Å². The van der Waals surface area contributed by atoms with E-state index in [1.54, 1.807) is 6.20 Å². The van der Waals surface area contributed by atoms with Crippen LogP contribution in [0.15, 0.2) is 12.3 Å². The van der Waals surface area contributed by atoms with Crippen LogP contribution in [0.5, 0.6) is 0 Å². The summed E-state index contributed by atoms with van der Waals surface area (Å²) >= 11 is 3.45. The van der Waals surface area contributed by atoms with E-state index in [1.165, 1.54) is 5.69 Å². The molecule has 0 N–H and O–H groups in total. The van der Waals surface area contributed by atoms with Gasteiger partial charge in [0.05, 0.1) is 10.5 Å². The number of hydrogen-bond acceptors (Lipinski definition) is 1. The van der Waals surface area contributed by atoms with Crippen molar-refractivity contribution in [3.05, 3.63) is 18.0 Å². The molecule has 0 aliphatic rings. The molecule has 1 atom stereocenters. The average molecular weight is 189 g/mol. The van der Waals surface area contributed by atoms with Crippen LogP contribution in [-0.4, -0.2) is 9.78 Å². The van der Waals surface area contributed by atoms with Crippen LogP contribution in [0.1, 0.15) is 17.4 Å². The van der Waals surface area contributed by atoms with Gasteiger partial charge in [-0.1, -0.05) is 15.9 Å². The van der Waals surface area contributed by atoms with Gasteiger partial charge in [-0.3, -0.25) is 4.68 Å². The molecule has 0 saturated heterocycles. The van der Waals surface area contributed by atoms with Gasteiger partial charge in [0.1, 0.15) is 0 Å². The summed E-state index contributed by atoms with van der Waals surface area (Å²) in [6, 6.07) is 2.00. The molecule has 1 aromatic heterocycles. The molecule has 0 aliphatic heterocycles. The van der Waals surface area contributed by atoms with Gasteiger partial charge in [0.15, 0.2) is 0 Å². The standard InChI is InChI=1S/C6H9BrN2/c1-5(7)6-3-4-8-9(6)2/h3-5H,1-2H3/t5-/m0/s1. The number of aromatic nitrogens is 2. The van der Waals surface area contributed by atoms with Gasteiger partial charge < -0.3 is 0 Å². The quantitative estimate of drug-likeness (QED) is 0.616. The van der Waals surface area contributed by atoms with Crippen LogP contribution in [0, 0.1) is 0 Å². The van der Waals surface area contributed by atoms with E-state index < -0.39 is 0 Å². The molecule has 0 spiro atoms. The van der Waals surface area contributed by atoms with E-state index >= 15 is 0 Å². The first-order valence-corrected chi connectivity index (χ1v) is 3.75. The van der Waals surface area contributed by atoms with E-state index in [0.29, 0.717) is 4.83 Å². The lowest BCUT2D eigenvalue weighted by atomic mass is 10.3. The highest BCUT2D eigenvalue weighted by Crippen LogP contribution is 2.19. The summed E-state index contributed by atoms with van der Waals surface area (Å²) in [7, 11) is 1.94. The Morgan fingerprint density at radius 3 is 2.67 bits per heavy atom. The molecule has 2 nitrogen and oxygen atoms in total. The fourth-order valence-corrected chi connectivity index (χ4v) is 1.22. The van der Waals surface area contributed by atoms with E-state index in [9.17, 15) is 0 Å². The lowest BCUT2D eigenvalue weighted by Crippen LogP contribution is -1.97. The molecule has 0 amide bonds. The largest absolute Gasteiger partial charge is 0.272 e. The molecule has 1 rings (SSSR count). The number of rotatable bonds is 1. The van der Waals surface area contributed by atoms with Crippen LogP contribution in [0.3, 0.4) is 0 Å². The molecule has 0 radical (unpaired) electrons. The summed E-state index contributed by atoms with van der Waals surface area (Å²) < 4.78 is 1.86. The predicted octanol–water partition coefficient (Wildman–Crippen LogP) is 1.88. The van der Waals surface area contributed by atoms with E-state index in [-0.39, 0.29) is 0 Å². The molecule has 9 heavy (non-hydrogen) atoms. The Morgan fingerprint density at radius 2 is 2.44 bits per heavy atom. The maximum absolute atomic E-state index is 4.02. The molecule has 0 saturated carbocycles. The minimum atomic E-state index is 0.394. The van der Waals surface area contributed by atoms with Crippen LogP contribution >= 0.6 is 15.9 Å². The van der Waals surface area contributed by atoms with Crippen LogP contribution in [0.4, 0.5) is 0 Å². The molecule has 1 aromatic rings. The zero-order valence-electron chi connectivity index (χ0n) is 5.50. The zero-order chi connectivity index (χ0) is 6.85. The molecule has 50 valence electrons. The minimum Gasteiger partial charge on any atom is -0.272 e. The highest BCUT2D eigenvalue weighted by molar-refractivity contribution is 9.09. The van der Waals surface area contributed by atoms with Gasteiger partial charge in [0.2, 0.25) is 0 Å². The van der Waals surface area contributed by atoms with E-state index in [2.05, 4.69) is 28.0 Å². The molecular weight excluding hydrogens is 180 g/mol. The number of nitrogens with zero attached hydrogens (tertiary/aromatic N) is 2. The zero-order valence-corrected chi connectivity index (χ0v) is 7.09. The fourth-order valence-electron chi connectivity index (χ4n) is 0.774. The topological polar surface area (TPSA) is 17.8 Å². The van der Waals surface area contributed by atoms with Crippen LogP contribution in [0.25, 0.3) is 0 Å². The molecule has 3 heteroatoms. The summed E-state index contributed by atoms with van der Waals surface area (Å²) in [5.41, 5.74) is 1.20. The molecule has 0 aliphatic carbocycles. The molecule has 0 fully saturated rings. The fraction of sp³-hybridized carbons (Fsp3) is 0.500. The average Bonchev–Trinajstić information content (AvgIpc) is 2.13. The maximum Gasteiger partial charge on any atom is 0.0536 e. The Kier molecular flexibility index (Phi) is 1.90. The van der Waals surface area contributed by atoms with Gasteiger partial charge in [-0.25, -0.2) is 0 Å². The van der Waals surface area contributed by atoms with Crippen molar-refractivity contribution >= 4 is 15.9 Å². The van der Waals surface area contributed by atoms with Gasteiger partial charge in [-0.2, -0.15) is 5.10 Å². The van der Waals surface area contributed by atoms with Crippen molar-refractivity contribution < 1.29 is 0 Å². The first-order chi connectivity index (χ1) is 4.22. The summed E-state index contributed by atoms with van der Waals surface area (Å²) in [6.45, 7) is 2.08. The van der Waals surface area contributed by atoms with Gasteiger partial charge in [-0.05, 0) is 13.0 Å². The van der Waals surface area contributed by atoms with E-state index in [4.69, 9.17) is 0 Å². The maximum atomic E-state index is 4.02. The second-order valence-electron chi connectivity index (χ2n) is 2.00. The van der Waals surface area contributed by atoms with Crippen molar-refractivity contribution in [2.45, 2.75) is 11.8 Å². The number of alkyl halides is 1. The van der Waals surface area contributed by atoms with Crippen molar-refractivity contribution in [3.8, 4) is 0 Å². The molecular formula is C6H9BrN2. The third-order valence-electron chi connectivity index (χ3n) is 1.27. The minimum absolute atomic E-state index is 0.394. The van der Waals surface area contributed by atoms with Crippen LogP contribution in [0.2, 0.25) is 0 Å². The highest BCUT2D eigenvalue weighted by atomic mass is 79.9. The van der Waals surface area contributed by atoms with Crippen molar-refractivity contribution in [3.63, 3.8) is 0 Å². The van der Waals surface area contributed by atoms with Crippen molar-refractivity contribution in [2.24, 2.45) is 7.05 Å². The summed E-state index contributed by atoms with van der Waals surface area (Å²) in [4.78, 5) is 0.394. The highest BCUT2D eigenvalue weighted by Gasteiger charge is 2.02. The van der Waals surface area contributed by atoms with Crippen molar-refractivity contribution in [1.29, 1.82) is 0 Å². The smallest absolute Gasteiger partial charge is 0.0536 e. The Balaban J connectivity index is 2.94. The second-order valence-corrected chi connectivity index (χ2v) is 3.37. The summed E-state index contributed by atoms with van der Waals surface area (Å²) in [5.74, 6) is 0. The third-order valence-corrected chi connectivity index (χ3v) is 1.74. The normalized spacial score (nSPS) is 13.7. The Hall–Kier alpha value is -0.310. The van der Waals surface area contributed by atoms with Gasteiger partial charge in [-0.15, -0.1) is 0 Å². The molecule has 0 aromatic carbocycles. The van der Waals surface area contributed by atoms with Crippen molar-refractivity contribution in [2.75, 3.05) is 0 Å². The lowest BCUT2D eigenvalue weighted by Gasteiger charge is -2.01. The Bertz CT molecular complexity index is 193. The Morgan fingerprint density at radius 1 is 1.78 bits per heavy atom. The lowest BCUT2D eigenvalue weighted by molar-refractivity contribution is 0.716. The monoisotopic (exact) mass is 188 g/mol. The molecule has 0 bridgehead atoms. The Labute approximate surface area is 63.0 Å². The number of halogens is 1. The molecule has 0 unspecified atom stereocenters. The van der Waals surface area contributed by atoms with Crippen LogP contribution < -0.4 is 0 Å². The number of aryl methyl sites for hydroxylation is 1. The first kappa shape index (κ1) is 6.81. The predicted molar refractivity (Wildman–Crippen MR) is 40.6 cm³/mol. The second kappa shape index (κ2) is 2.52. The summed E-state index contributed by atoms with van der Waals surface area (Å²) in [5, 5.41) is 4.02. The summed E-state index contributed by atoms with van der Waals surface area (Å²) in [6.07, 6.45) is 1.80. The third kappa shape index (κ3) is 1.33. The van der Waals surface area contributed by atoms with E-state index in [1.807, 2.05) is 17.8 Å². The van der Waals surface area contributed by atoms with Gasteiger partial charge >= 0.3 is 0 Å². The van der Waals surface area contributed by atoms with E-state index in [0.717, 1.165) is 0 Å². The number of hydrogen-bond donors (Lipinski definition) is 0. The first-order valence-electron chi connectivity index (χ1n) is 2.84. The van der Waals surface area contributed by atoms with Crippen LogP contribution in [-0.2, 0) is 7.05 Å². The SMILES string of the molecule is C[C@H](Br)c1ccnn1C. The van der Waals surface area contributed by atoms with Gasteiger partial charge in [0.25, 0.3) is 0 Å².